The normalized spacial score (nSPS) is 9.75. The molecule has 12 heavy (non-hydrogen) atoms. The van der Waals surface area contributed by atoms with Gasteiger partial charge in [-0.15, -0.1) is 0 Å². The predicted octanol–water partition coefficient (Wildman–Crippen LogP) is 2.29. The van der Waals surface area contributed by atoms with Gasteiger partial charge in [-0.1, -0.05) is 24.3 Å². The van der Waals surface area contributed by atoms with E-state index in [2.05, 4.69) is 0 Å². The van der Waals surface area contributed by atoms with Crippen LogP contribution in [0.4, 0.5) is 4.39 Å². The Morgan fingerprint density at radius 2 is 1.92 bits per heavy atom. The summed E-state index contributed by atoms with van der Waals surface area (Å²) in [6.07, 6.45) is 1.97. The van der Waals surface area contributed by atoms with Gasteiger partial charge < -0.3 is 4.79 Å². The van der Waals surface area contributed by atoms with Gasteiger partial charge in [0.05, 0.1) is 0 Å². The zero-order chi connectivity index (χ0) is 8.81. The number of alkyl halides is 1. The number of aldehydes is 1. The van der Waals surface area contributed by atoms with Crippen LogP contribution in [0.2, 0.25) is 0 Å². The fraction of sp³-hybridized carbons (Fsp3) is 0.300. The number of halogens is 1. The van der Waals surface area contributed by atoms with Gasteiger partial charge in [0.1, 0.15) is 13.0 Å². The van der Waals surface area contributed by atoms with Crippen LogP contribution in [0.15, 0.2) is 24.3 Å². The van der Waals surface area contributed by atoms with Gasteiger partial charge in [0.25, 0.3) is 0 Å². The highest BCUT2D eigenvalue weighted by atomic mass is 19.1. The quantitative estimate of drug-likeness (QED) is 0.627. The molecule has 1 rings (SSSR count). The van der Waals surface area contributed by atoms with Gasteiger partial charge in [-0.25, -0.2) is 4.39 Å². The largest absolute Gasteiger partial charge is 0.303 e. The fourth-order valence-corrected chi connectivity index (χ4v) is 1.15. The summed E-state index contributed by atoms with van der Waals surface area (Å²) >= 11 is 0. The Balaban J connectivity index is 2.74. The molecule has 64 valence electrons. The SMILES string of the molecule is O=CCCc1ccccc1CF. The molecular weight excluding hydrogens is 155 g/mol. The number of rotatable bonds is 4. The third-order valence-corrected chi connectivity index (χ3v) is 1.79. The molecule has 0 amide bonds. The van der Waals surface area contributed by atoms with Crippen LogP contribution >= 0.6 is 0 Å². The average Bonchev–Trinajstić information content (AvgIpc) is 2.15. The van der Waals surface area contributed by atoms with Gasteiger partial charge in [-0.2, -0.15) is 0 Å². The Kier molecular flexibility index (Phi) is 3.45. The standard InChI is InChI=1S/C10H11FO/c11-8-10-5-2-1-4-9(10)6-3-7-12/h1-2,4-5,7H,3,6,8H2. The van der Waals surface area contributed by atoms with Crippen LogP contribution in [-0.4, -0.2) is 6.29 Å². The zero-order valence-corrected chi connectivity index (χ0v) is 6.79. The molecule has 1 aromatic carbocycles. The minimum atomic E-state index is -0.449. The zero-order valence-electron chi connectivity index (χ0n) is 6.79. The first-order valence-electron chi connectivity index (χ1n) is 3.95. The maximum atomic E-state index is 12.3. The van der Waals surface area contributed by atoms with Crippen LogP contribution in [0, 0.1) is 0 Å². The van der Waals surface area contributed by atoms with Crippen molar-refractivity contribution in [1.82, 2.24) is 0 Å². The van der Waals surface area contributed by atoms with E-state index < -0.39 is 6.67 Å². The molecule has 0 spiro atoms. The van der Waals surface area contributed by atoms with Crippen molar-refractivity contribution < 1.29 is 9.18 Å². The van der Waals surface area contributed by atoms with Crippen LogP contribution in [0.1, 0.15) is 17.5 Å². The van der Waals surface area contributed by atoms with E-state index in [9.17, 15) is 9.18 Å². The van der Waals surface area contributed by atoms with Crippen molar-refractivity contribution >= 4 is 6.29 Å². The Labute approximate surface area is 71.2 Å². The smallest absolute Gasteiger partial charge is 0.120 e. The van der Waals surface area contributed by atoms with Crippen LogP contribution < -0.4 is 0 Å². The summed E-state index contributed by atoms with van der Waals surface area (Å²) in [4.78, 5) is 10.1. The number of hydrogen-bond acceptors (Lipinski definition) is 1. The summed E-state index contributed by atoms with van der Waals surface area (Å²) in [5.74, 6) is 0. The highest BCUT2D eigenvalue weighted by Crippen LogP contribution is 2.11. The van der Waals surface area contributed by atoms with E-state index in [4.69, 9.17) is 0 Å². The van der Waals surface area contributed by atoms with Crippen molar-refractivity contribution in [3.63, 3.8) is 0 Å². The molecule has 0 fully saturated rings. The Morgan fingerprint density at radius 3 is 2.50 bits per heavy atom. The molecule has 1 nitrogen and oxygen atoms in total. The van der Waals surface area contributed by atoms with Crippen LogP contribution in [0.3, 0.4) is 0 Å². The maximum absolute atomic E-state index is 12.3. The molecular formula is C10H11FO. The highest BCUT2D eigenvalue weighted by Gasteiger charge is 1.99. The molecule has 0 N–H and O–H groups in total. The van der Waals surface area contributed by atoms with Crippen LogP contribution in [0.25, 0.3) is 0 Å². The number of aryl methyl sites for hydroxylation is 1. The third kappa shape index (κ3) is 2.16. The highest BCUT2D eigenvalue weighted by molar-refractivity contribution is 5.50. The second-order valence-electron chi connectivity index (χ2n) is 2.61. The van der Waals surface area contributed by atoms with E-state index in [1.54, 1.807) is 12.1 Å². The van der Waals surface area contributed by atoms with Gasteiger partial charge in [-0.3, -0.25) is 0 Å². The second-order valence-corrected chi connectivity index (χ2v) is 2.61. The molecule has 0 saturated heterocycles. The van der Waals surface area contributed by atoms with Crippen molar-refractivity contribution in [2.24, 2.45) is 0 Å². The lowest BCUT2D eigenvalue weighted by atomic mass is 10.0. The summed E-state index contributed by atoms with van der Waals surface area (Å²) in [6, 6.07) is 7.27. The molecule has 0 aliphatic rings. The molecule has 0 bridgehead atoms. The molecule has 0 aliphatic carbocycles. The van der Waals surface area contributed by atoms with Gasteiger partial charge >= 0.3 is 0 Å². The minimum Gasteiger partial charge on any atom is -0.303 e. The number of carbonyl (C=O) groups excluding carboxylic acids is 1. The molecule has 2 heteroatoms. The van der Waals surface area contributed by atoms with Crippen molar-refractivity contribution in [3.8, 4) is 0 Å². The van der Waals surface area contributed by atoms with Crippen molar-refractivity contribution in [1.29, 1.82) is 0 Å². The first-order valence-corrected chi connectivity index (χ1v) is 3.95. The van der Waals surface area contributed by atoms with Gasteiger partial charge in [0.2, 0.25) is 0 Å². The van der Waals surface area contributed by atoms with Gasteiger partial charge in [0, 0.05) is 6.42 Å². The molecule has 0 radical (unpaired) electrons. The van der Waals surface area contributed by atoms with Crippen LogP contribution in [0.5, 0.6) is 0 Å². The molecule has 0 saturated carbocycles. The summed E-state index contributed by atoms with van der Waals surface area (Å²) in [7, 11) is 0. The number of benzene rings is 1. The van der Waals surface area contributed by atoms with E-state index >= 15 is 0 Å². The van der Waals surface area contributed by atoms with E-state index in [1.165, 1.54) is 0 Å². The first kappa shape index (κ1) is 8.91. The summed E-state index contributed by atoms with van der Waals surface area (Å²) < 4.78 is 12.3. The van der Waals surface area contributed by atoms with Gasteiger partial charge in [-0.05, 0) is 17.5 Å². The molecule has 0 aliphatic heterocycles. The van der Waals surface area contributed by atoms with Crippen molar-refractivity contribution in [2.75, 3.05) is 0 Å². The molecule has 1 aromatic rings. The third-order valence-electron chi connectivity index (χ3n) is 1.79. The lowest BCUT2D eigenvalue weighted by Gasteiger charge is -2.02. The van der Waals surface area contributed by atoms with E-state index in [-0.39, 0.29) is 0 Å². The molecule has 0 heterocycles. The Morgan fingerprint density at radius 1 is 1.25 bits per heavy atom. The van der Waals surface area contributed by atoms with Gasteiger partial charge in [0.15, 0.2) is 0 Å². The Bertz CT molecular complexity index is 258. The average molecular weight is 166 g/mol. The Hall–Kier alpha value is -1.18. The summed E-state index contributed by atoms with van der Waals surface area (Å²) in [5.41, 5.74) is 1.63. The number of carbonyl (C=O) groups is 1. The maximum Gasteiger partial charge on any atom is 0.120 e. The number of hydrogen-bond donors (Lipinski definition) is 0. The van der Waals surface area contributed by atoms with Crippen molar-refractivity contribution in [3.05, 3.63) is 35.4 Å². The monoisotopic (exact) mass is 166 g/mol. The lowest BCUT2D eigenvalue weighted by Crippen LogP contribution is -1.92. The van der Waals surface area contributed by atoms with E-state index in [0.29, 0.717) is 18.4 Å². The van der Waals surface area contributed by atoms with Crippen LogP contribution in [-0.2, 0) is 17.9 Å². The summed E-state index contributed by atoms with van der Waals surface area (Å²) in [6.45, 7) is -0.449. The molecule has 0 aromatic heterocycles. The minimum absolute atomic E-state index is 0.449. The molecule has 0 unspecified atom stereocenters. The summed E-state index contributed by atoms with van der Waals surface area (Å²) in [5, 5.41) is 0. The van der Waals surface area contributed by atoms with E-state index in [1.807, 2.05) is 12.1 Å². The second kappa shape index (κ2) is 4.65. The fourth-order valence-electron chi connectivity index (χ4n) is 1.15. The van der Waals surface area contributed by atoms with E-state index in [0.717, 1.165) is 11.8 Å². The molecule has 0 atom stereocenters. The first-order chi connectivity index (χ1) is 5.88. The topological polar surface area (TPSA) is 17.1 Å². The van der Waals surface area contributed by atoms with Crippen molar-refractivity contribution in [2.45, 2.75) is 19.5 Å². The predicted molar refractivity (Wildman–Crippen MR) is 45.6 cm³/mol. The lowest BCUT2D eigenvalue weighted by molar-refractivity contribution is -0.107.